The molecule has 3 heterocycles. The van der Waals surface area contributed by atoms with Gasteiger partial charge in [-0.15, -0.1) is 0 Å². The Morgan fingerprint density at radius 3 is 2.25 bits per heavy atom. The number of nitrogens with two attached hydrogens (primary N) is 1. The lowest BCUT2D eigenvalue weighted by molar-refractivity contribution is 0.634. The van der Waals surface area contributed by atoms with Crippen LogP contribution in [0.4, 0.5) is 17.5 Å². The average molecular weight is 271 g/mol. The Labute approximate surface area is 117 Å². The van der Waals surface area contributed by atoms with Crippen LogP contribution in [-0.2, 0) is 0 Å². The molecule has 2 aromatic rings. The second-order valence-corrected chi connectivity index (χ2v) is 4.57. The molecule has 7 nitrogen and oxygen atoms in total. The van der Waals surface area contributed by atoms with Gasteiger partial charge in [0.25, 0.3) is 0 Å². The van der Waals surface area contributed by atoms with Crippen molar-refractivity contribution in [2.75, 3.05) is 41.4 Å². The Hall–Kier alpha value is -2.41. The molecule has 0 aromatic carbocycles. The molecule has 0 atom stereocenters. The van der Waals surface area contributed by atoms with Crippen molar-refractivity contribution in [1.82, 2.24) is 15.0 Å². The van der Waals surface area contributed by atoms with E-state index in [1.807, 2.05) is 18.2 Å². The third kappa shape index (κ3) is 2.62. The summed E-state index contributed by atoms with van der Waals surface area (Å²) in [6.07, 6.45) is 5.28. The number of hydrazine groups is 1. The summed E-state index contributed by atoms with van der Waals surface area (Å²) in [6, 6.07) is 5.73. The molecule has 1 aliphatic heterocycles. The molecule has 3 rings (SSSR count). The van der Waals surface area contributed by atoms with Crippen LogP contribution in [0.5, 0.6) is 0 Å². The molecule has 0 unspecified atom stereocenters. The first-order valence-electron chi connectivity index (χ1n) is 6.56. The van der Waals surface area contributed by atoms with Crippen molar-refractivity contribution in [2.24, 2.45) is 5.84 Å². The third-order valence-corrected chi connectivity index (χ3v) is 3.35. The van der Waals surface area contributed by atoms with E-state index in [0.29, 0.717) is 0 Å². The quantitative estimate of drug-likeness (QED) is 0.620. The van der Waals surface area contributed by atoms with Gasteiger partial charge in [-0.05, 0) is 18.2 Å². The molecule has 0 aliphatic carbocycles. The Balaban J connectivity index is 1.63. The zero-order chi connectivity index (χ0) is 13.8. The number of aromatic nitrogens is 3. The highest BCUT2D eigenvalue weighted by Gasteiger charge is 2.19. The van der Waals surface area contributed by atoms with Gasteiger partial charge in [0.2, 0.25) is 5.95 Å². The second-order valence-electron chi connectivity index (χ2n) is 4.57. The summed E-state index contributed by atoms with van der Waals surface area (Å²) in [5.41, 5.74) is 3.39. The number of hydrogen-bond acceptors (Lipinski definition) is 7. The van der Waals surface area contributed by atoms with Crippen molar-refractivity contribution in [3.8, 4) is 0 Å². The van der Waals surface area contributed by atoms with Crippen LogP contribution < -0.4 is 21.1 Å². The van der Waals surface area contributed by atoms with Crippen molar-refractivity contribution < 1.29 is 0 Å². The topological polar surface area (TPSA) is 83.2 Å². The highest BCUT2D eigenvalue weighted by molar-refractivity contribution is 5.49. The minimum absolute atomic E-state index is 0.794. The molecule has 0 radical (unpaired) electrons. The molecular formula is C13H17N7. The molecule has 1 fully saturated rings. The van der Waals surface area contributed by atoms with Gasteiger partial charge >= 0.3 is 0 Å². The fourth-order valence-electron chi connectivity index (χ4n) is 2.25. The van der Waals surface area contributed by atoms with E-state index in [9.17, 15) is 0 Å². The summed E-state index contributed by atoms with van der Waals surface area (Å²) in [4.78, 5) is 17.4. The van der Waals surface area contributed by atoms with E-state index in [2.05, 4.69) is 30.2 Å². The van der Waals surface area contributed by atoms with E-state index in [1.54, 1.807) is 18.6 Å². The van der Waals surface area contributed by atoms with Crippen molar-refractivity contribution >= 4 is 17.5 Å². The molecule has 20 heavy (non-hydrogen) atoms. The van der Waals surface area contributed by atoms with Gasteiger partial charge < -0.3 is 15.2 Å². The van der Waals surface area contributed by atoms with Crippen LogP contribution in [0.2, 0.25) is 0 Å². The largest absolute Gasteiger partial charge is 0.353 e. The number of rotatable bonds is 3. The van der Waals surface area contributed by atoms with Crippen LogP contribution in [-0.4, -0.2) is 41.1 Å². The fourth-order valence-corrected chi connectivity index (χ4v) is 2.25. The van der Waals surface area contributed by atoms with Crippen LogP contribution in [0.1, 0.15) is 0 Å². The zero-order valence-electron chi connectivity index (χ0n) is 11.1. The summed E-state index contributed by atoms with van der Waals surface area (Å²) < 4.78 is 0. The summed E-state index contributed by atoms with van der Waals surface area (Å²) >= 11 is 0. The first-order chi connectivity index (χ1) is 9.86. The first kappa shape index (κ1) is 12.6. The average Bonchev–Trinajstić information content (AvgIpc) is 2.56. The minimum atomic E-state index is 0.794. The van der Waals surface area contributed by atoms with Gasteiger partial charge in [-0.3, -0.25) is 5.84 Å². The molecule has 2 aromatic heterocycles. The van der Waals surface area contributed by atoms with Gasteiger partial charge in [0.1, 0.15) is 5.82 Å². The lowest BCUT2D eigenvalue weighted by atomic mass is 10.3. The number of piperazine rings is 1. The molecule has 0 bridgehead atoms. The number of hydrogen-bond donors (Lipinski definition) is 2. The Morgan fingerprint density at radius 1 is 0.950 bits per heavy atom. The van der Waals surface area contributed by atoms with Gasteiger partial charge in [-0.1, -0.05) is 0 Å². The molecule has 7 heteroatoms. The second kappa shape index (κ2) is 5.70. The number of pyridine rings is 1. The van der Waals surface area contributed by atoms with E-state index in [4.69, 9.17) is 5.84 Å². The van der Waals surface area contributed by atoms with Crippen LogP contribution in [0.15, 0.2) is 36.8 Å². The van der Waals surface area contributed by atoms with Crippen molar-refractivity contribution in [2.45, 2.75) is 0 Å². The smallest absolute Gasteiger partial charge is 0.225 e. The highest BCUT2D eigenvalue weighted by atomic mass is 15.3. The molecule has 1 aliphatic rings. The van der Waals surface area contributed by atoms with Gasteiger partial charge in [0, 0.05) is 38.6 Å². The molecule has 1 saturated heterocycles. The molecule has 0 spiro atoms. The van der Waals surface area contributed by atoms with Crippen LogP contribution >= 0.6 is 0 Å². The van der Waals surface area contributed by atoms with E-state index in [0.717, 1.165) is 43.6 Å². The lowest BCUT2D eigenvalue weighted by Crippen LogP contribution is -2.47. The predicted molar refractivity (Wildman–Crippen MR) is 78.5 cm³/mol. The summed E-state index contributed by atoms with van der Waals surface area (Å²) in [5.74, 6) is 7.10. The van der Waals surface area contributed by atoms with Gasteiger partial charge in [-0.25, -0.2) is 15.0 Å². The zero-order valence-corrected chi connectivity index (χ0v) is 11.1. The number of nitrogen functional groups attached to an aromatic ring is 1. The van der Waals surface area contributed by atoms with Crippen molar-refractivity contribution in [3.05, 3.63) is 36.8 Å². The standard InChI is InChI=1S/C13H17N7/c14-18-11-2-3-12(17-10-11)19-6-8-20(9-7-19)13-15-4-1-5-16-13/h1-5,10,18H,6-9,14H2. The minimum Gasteiger partial charge on any atom is -0.353 e. The molecule has 3 N–H and O–H groups in total. The van der Waals surface area contributed by atoms with Gasteiger partial charge in [0.15, 0.2) is 0 Å². The molecule has 0 amide bonds. The molecule has 104 valence electrons. The van der Waals surface area contributed by atoms with E-state index in [-0.39, 0.29) is 0 Å². The fraction of sp³-hybridized carbons (Fsp3) is 0.308. The summed E-state index contributed by atoms with van der Waals surface area (Å²) in [6.45, 7) is 3.59. The van der Waals surface area contributed by atoms with E-state index < -0.39 is 0 Å². The van der Waals surface area contributed by atoms with Crippen LogP contribution in [0.25, 0.3) is 0 Å². The lowest BCUT2D eigenvalue weighted by Gasteiger charge is -2.35. The van der Waals surface area contributed by atoms with Crippen LogP contribution in [0, 0.1) is 0 Å². The Kier molecular flexibility index (Phi) is 3.60. The van der Waals surface area contributed by atoms with Gasteiger partial charge in [0.05, 0.1) is 11.9 Å². The Bertz CT molecular complexity index is 534. The molecular weight excluding hydrogens is 254 g/mol. The molecule has 0 saturated carbocycles. The number of anilines is 3. The normalized spacial score (nSPS) is 15.2. The predicted octanol–water partition coefficient (Wildman–Crippen LogP) is 0.484. The summed E-state index contributed by atoms with van der Waals surface area (Å²) in [7, 11) is 0. The van der Waals surface area contributed by atoms with Crippen molar-refractivity contribution in [3.63, 3.8) is 0 Å². The maximum atomic E-state index is 5.34. The highest BCUT2D eigenvalue weighted by Crippen LogP contribution is 2.17. The van der Waals surface area contributed by atoms with Crippen molar-refractivity contribution in [1.29, 1.82) is 0 Å². The maximum absolute atomic E-state index is 5.34. The first-order valence-corrected chi connectivity index (χ1v) is 6.56. The monoisotopic (exact) mass is 271 g/mol. The van der Waals surface area contributed by atoms with Gasteiger partial charge in [-0.2, -0.15) is 0 Å². The number of nitrogens with zero attached hydrogens (tertiary/aromatic N) is 5. The SMILES string of the molecule is NNc1ccc(N2CCN(c3ncccn3)CC2)nc1. The third-order valence-electron chi connectivity index (χ3n) is 3.35. The van der Waals surface area contributed by atoms with E-state index >= 15 is 0 Å². The van der Waals surface area contributed by atoms with Crippen LogP contribution in [0.3, 0.4) is 0 Å². The number of nitrogens with one attached hydrogen (secondary N) is 1. The van der Waals surface area contributed by atoms with E-state index in [1.165, 1.54) is 0 Å². The summed E-state index contributed by atoms with van der Waals surface area (Å²) in [5, 5.41) is 0. The Morgan fingerprint density at radius 2 is 1.65 bits per heavy atom. The maximum Gasteiger partial charge on any atom is 0.225 e.